The third kappa shape index (κ3) is 6.26. The Balaban J connectivity index is 1.83. The quantitative estimate of drug-likeness (QED) is 0.716. The topological polar surface area (TPSA) is 83.4 Å². The molecule has 1 fully saturated rings. The number of urea groups is 1. The zero-order valence-corrected chi connectivity index (χ0v) is 14.6. The Labute approximate surface area is 143 Å². The highest BCUT2D eigenvalue weighted by molar-refractivity contribution is 5.87. The molecule has 0 aliphatic heterocycles. The molecule has 0 aromatic carbocycles. The van der Waals surface area contributed by atoms with Crippen molar-refractivity contribution in [2.24, 2.45) is 5.92 Å². The lowest BCUT2D eigenvalue weighted by atomic mass is 9.96. The molecule has 1 aliphatic carbocycles. The lowest BCUT2D eigenvalue weighted by Gasteiger charge is -2.25. The number of hydrogen-bond acceptors (Lipinski definition) is 3. The lowest BCUT2D eigenvalue weighted by molar-refractivity contribution is -0.123. The van der Waals surface area contributed by atoms with E-state index in [1.54, 1.807) is 18.4 Å². The maximum absolute atomic E-state index is 12.4. The summed E-state index contributed by atoms with van der Waals surface area (Å²) in [5.41, 5.74) is 0. The van der Waals surface area contributed by atoms with Crippen LogP contribution in [0.15, 0.2) is 22.8 Å². The number of carbonyl (C=O) groups is 2. The van der Waals surface area contributed by atoms with Crippen LogP contribution in [0.5, 0.6) is 0 Å². The van der Waals surface area contributed by atoms with Gasteiger partial charge in [0, 0.05) is 6.04 Å². The minimum Gasteiger partial charge on any atom is -0.467 e. The summed E-state index contributed by atoms with van der Waals surface area (Å²) in [7, 11) is 0. The van der Waals surface area contributed by atoms with Crippen molar-refractivity contribution in [2.45, 2.75) is 71.0 Å². The summed E-state index contributed by atoms with van der Waals surface area (Å²) in [4.78, 5) is 24.6. The SMILES string of the molecule is CC(C)C[C@H](NC(=O)NC1CCCCC1)C(=O)NCc1ccco1. The van der Waals surface area contributed by atoms with Crippen molar-refractivity contribution in [1.29, 1.82) is 0 Å². The molecule has 0 saturated heterocycles. The zero-order chi connectivity index (χ0) is 17.4. The van der Waals surface area contributed by atoms with Crippen LogP contribution in [0.1, 0.15) is 58.1 Å². The first-order chi connectivity index (χ1) is 11.5. The highest BCUT2D eigenvalue weighted by Gasteiger charge is 2.23. The molecule has 6 heteroatoms. The van der Waals surface area contributed by atoms with Gasteiger partial charge in [-0.3, -0.25) is 4.79 Å². The molecule has 1 heterocycles. The molecule has 1 atom stereocenters. The van der Waals surface area contributed by atoms with Crippen molar-refractivity contribution >= 4 is 11.9 Å². The first-order valence-corrected chi connectivity index (χ1v) is 8.91. The van der Waals surface area contributed by atoms with Crippen LogP contribution in [0.3, 0.4) is 0 Å². The number of furan rings is 1. The summed E-state index contributed by atoms with van der Waals surface area (Å²) in [5.74, 6) is 0.816. The molecule has 24 heavy (non-hydrogen) atoms. The number of amides is 3. The average Bonchev–Trinajstić information content (AvgIpc) is 3.06. The molecule has 3 amide bonds. The van der Waals surface area contributed by atoms with Crippen LogP contribution in [0, 0.1) is 5.92 Å². The van der Waals surface area contributed by atoms with Gasteiger partial charge in [-0.15, -0.1) is 0 Å². The molecule has 0 unspecified atom stereocenters. The fraction of sp³-hybridized carbons (Fsp3) is 0.667. The van der Waals surface area contributed by atoms with Crippen molar-refractivity contribution < 1.29 is 14.0 Å². The Hall–Kier alpha value is -1.98. The summed E-state index contributed by atoms with van der Waals surface area (Å²) in [6.07, 6.45) is 7.77. The second-order valence-corrected chi connectivity index (χ2v) is 6.93. The van der Waals surface area contributed by atoms with Crippen LogP contribution in [0.25, 0.3) is 0 Å². The molecule has 0 radical (unpaired) electrons. The van der Waals surface area contributed by atoms with Crippen molar-refractivity contribution in [3.8, 4) is 0 Å². The molecule has 3 N–H and O–H groups in total. The zero-order valence-electron chi connectivity index (χ0n) is 14.6. The maximum atomic E-state index is 12.4. The highest BCUT2D eigenvalue weighted by atomic mass is 16.3. The third-order valence-electron chi connectivity index (χ3n) is 4.29. The molecule has 2 rings (SSSR count). The van der Waals surface area contributed by atoms with Crippen LogP contribution in [-0.4, -0.2) is 24.0 Å². The molecule has 0 bridgehead atoms. The Kier molecular flexibility index (Phi) is 7.15. The number of hydrogen-bond donors (Lipinski definition) is 3. The molecule has 1 saturated carbocycles. The van der Waals surface area contributed by atoms with Crippen molar-refractivity contribution in [1.82, 2.24) is 16.0 Å². The van der Waals surface area contributed by atoms with Crippen molar-refractivity contribution in [3.63, 3.8) is 0 Å². The Bertz CT molecular complexity index is 508. The van der Waals surface area contributed by atoms with Crippen LogP contribution in [0.2, 0.25) is 0 Å². The van der Waals surface area contributed by atoms with Gasteiger partial charge >= 0.3 is 6.03 Å². The second-order valence-electron chi connectivity index (χ2n) is 6.93. The molecule has 6 nitrogen and oxygen atoms in total. The van der Waals surface area contributed by atoms with Gasteiger partial charge in [0.05, 0.1) is 12.8 Å². The molecular formula is C18H29N3O3. The first kappa shape index (κ1) is 18.4. The smallest absolute Gasteiger partial charge is 0.315 e. The van der Waals surface area contributed by atoms with Gasteiger partial charge in [-0.2, -0.15) is 0 Å². The minimum atomic E-state index is -0.538. The fourth-order valence-corrected chi connectivity index (χ4v) is 3.05. The van der Waals surface area contributed by atoms with Gasteiger partial charge in [-0.05, 0) is 37.3 Å². The highest BCUT2D eigenvalue weighted by Crippen LogP contribution is 2.17. The molecule has 1 aromatic heterocycles. The number of nitrogens with one attached hydrogen (secondary N) is 3. The van der Waals surface area contributed by atoms with E-state index in [4.69, 9.17) is 4.42 Å². The maximum Gasteiger partial charge on any atom is 0.315 e. The normalized spacial score (nSPS) is 16.6. The van der Waals surface area contributed by atoms with E-state index in [9.17, 15) is 9.59 Å². The van der Waals surface area contributed by atoms with Crippen LogP contribution in [0.4, 0.5) is 4.79 Å². The van der Waals surface area contributed by atoms with Gasteiger partial charge in [0.25, 0.3) is 0 Å². The largest absolute Gasteiger partial charge is 0.467 e. The van der Waals surface area contributed by atoms with Gasteiger partial charge in [-0.25, -0.2) is 4.79 Å². The third-order valence-corrected chi connectivity index (χ3v) is 4.29. The average molecular weight is 335 g/mol. The Morgan fingerprint density at radius 1 is 1.25 bits per heavy atom. The first-order valence-electron chi connectivity index (χ1n) is 8.91. The molecule has 1 aromatic rings. The lowest BCUT2D eigenvalue weighted by Crippen LogP contribution is -2.52. The Morgan fingerprint density at radius 2 is 2.00 bits per heavy atom. The van der Waals surface area contributed by atoms with Gasteiger partial charge in [0.1, 0.15) is 11.8 Å². The van der Waals surface area contributed by atoms with Gasteiger partial charge in [-0.1, -0.05) is 33.1 Å². The van der Waals surface area contributed by atoms with Gasteiger partial charge in [0.15, 0.2) is 0 Å². The monoisotopic (exact) mass is 335 g/mol. The standard InChI is InChI=1S/C18H29N3O3/c1-13(2)11-16(17(22)19-12-15-9-6-10-24-15)21-18(23)20-14-7-4-3-5-8-14/h6,9-10,13-14,16H,3-5,7-8,11-12H2,1-2H3,(H,19,22)(H2,20,21,23)/t16-/m0/s1. The van der Waals surface area contributed by atoms with E-state index in [-0.39, 0.29) is 18.0 Å². The van der Waals surface area contributed by atoms with Gasteiger partial charge in [0.2, 0.25) is 5.91 Å². The Morgan fingerprint density at radius 3 is 2.62 bits per heavy atom. The summed E-state index contributed by atoms with van der Waals surface area (Å²) >= 11 is 0. The van der Waals surface area contributed by atoms with Crippen molar-refractivity contribution in [3.05, 3.63) is 24.2 Å². The van der Waals surface area contributed by atoms with Crippen LogP contribution >= 0.6 is 0 Å². The van der Waals surface area contributed by atoms with E-state index >= 15 is 0 Å². The molecule has 134 valence electrons. The van der Waals surface area contributed by atoms with E-state index in [0.29, 0.717) is 24.6 Å². The molecular weight excluding hydrogens is 306 g/mol. The van der Waals surface area contributed by atoms with E-state index in [1.165, 1.54) is 6.42 Å². The molecule has 1 aliphatic rings. The summed E-state index contributed by atoms with van der Waals surface area (Å²) in [6.45, 7) is 4.40. The minimum absolute atomic E-state index is 0.182. The predicted octanol–water partition coefficient (Wildman–Crippen LogP) is 2.94. The fourth-order valence-electron chi connectivity index (χ4n) is 3.05. The molecule has 0 spiro atoms. The van der Waals surface area contributed by atoms with Crippen molar-refractivity contribution in [2.75, 3.05) is 0 Å². The van der Waals surface area contributed by atoms with Gasteiger partial charge < -0.3 is 20.4 Å². The van der Waals surface area contributed by atoms with Crippen LogP contribution < -0.4 is 16.0 Å². The summed E-state index contributed by atoms with van der Waals surface area (Å²) < 4.78 is 5.21. The van der Waals surface area contributed by atoms with E-state index < -0.39 is 6.04 Å². The van der Waals surface area contributed by atoms with E-state index in [1.807, 2.05) is 13.8 Å². The number of rotatable bonds is 7. The van der Waals surface area contributed by atoms with E-state index in [0.717, 1.165) is 25.7 Å². The van der Waals surface area contributed by atoms with E-state index in [2.05, 4.69) is 16.0 Å². The predicted molar refractivity (Wildman–Crippen MR) is 92.3 cm³/mol. The van der Waals surface area contributed by atoms with Crippen LogP contribution in [-0.2, 0) is 11.3 Å². The summed E-state index contributed by atoms with van der Waals surface area (Å²) in [6, 6.07) is 3.03. The number of carbonyl (C=O) groups excluding carboxylic acids is 2. The summed E-state index contributed by atoms with van der Waals surface area (Å²) in [5, 5.41) is 8.66. The second kappa shape index (κ2) is 9.35.